The van der Waals surface area contributed by atoms with Gasteiger partial charge in [0.1, 0.15) is 5.75 Å². The summed E-state index contributed by atoms with van der Waals surface area (Å²) in [5, 5.41) is 0. The van der Waals surface area contributed by atoms with E-state index in [-0.39, 0.29) is 12.9 Å². The first-order valence-corrected chi connectivity index (χ1v) is 6.80. The summed E-state index contributed by atoms with van der Waals surface area (Å²) in [5.74, 6) is -0.860. The van der Waals surface area contributed by atoms with Crippen molar-refractivity contribution in [2.24, 2.45) is 0 Å². The first kappa shape index (κ1) is 14.5. The summed E-state index contributed by atoms with van der Waals surface area (Å²) in [6.07, 6.45) is 2.79. The molecule has 0 saturated carbocycles. The van der Waals surface area contributed by atoms with Gasteiger partial charge in [0.05, 0.1) is 13.2 Å². The van der Waals surface area contributed by atoms with Crippen LogP contribution in [-0.4, -0.2) is 31.3 Å². The number of ketones is 1. The molecule has 0 unspecified atom stereocenters. The van der Waals surface area contributed by atoms with Gasteiger partial charge in [-0.1, -0.05) is 0 Å². The topological polar surface area (TPSA) is 61.8 Å². The molecule has 1 fully saturated rings. The minimum absolute atomic E-state index is 0.185. The average Bonchev–Trinajstić information content (AvgIpc) is 2.48. The van der Waals surface area contributed by atoms with E-state index in [1.165, 1.54) is 0 Å². The van der Waals surface area contributed by atoms with Crippen LogP contribution in [-0.2, 0) is 14.3 Å². The van der Waals surface area contributed by atoms with Gasteiger partial charge in [0.25, 0.3) is 5.78 Å². The van der Waals surface area contributed by atoms with E-state index >= 15 is 0 Å². The zero-order valence-electron chi connectivity index (χ0n) is 11.5. The van der Waals surface area contributed by atoms with Crippen molar-refractivity contribution in [3.63, 3.8) is 0 Å². The summed E-state index contributed by atoms with van der Waals surface area (Å²) < 4.78 is 15.8. The Hall–Kier alpha value is -1.88. The fraction of sp³-hybridized carbons (Fsp3) is 0.467. The van der Waals surface area contributed by atoms with Crippen LogP contribution in [0.15, 0.2) is 24.3 Å². The molecule has 1 aromatic carbocycles. The van der Waals surface area contributed by atoms with Gasteiger partial charge in [0.15, 0.2) is 6.29 Å². The molecule has 5 nitrogen and oxygen atoms in total. The summed E-state index contributed by atoms with van der Waals surface area (Å²) in [6, 6.07) is 6.42. The molecule has 1 atom stereocenters. The third-order valence-corrected chi connectivity index (χ3v) is 2.98. The molecular formula is C15H18O5. The van der Waals surface area contributed by atoms with E-state index in [1.54, 1.807) is 31.2 Å². The Balaban J connectivity index is 1.95. The summed E-state index contributed by atoms with van der Waals surface area (Å²) in [5.41, 5.74) is 0.292. The number of carbonyl (C=O) groups excluding carboxylic acids is 2. The van der Waals surface area contributed by atoms with Gasteiger partial charge in [0, 0.05) is 12.0 Å². The van der Waals surface area contributed by atoms with Crippen molar-refractivity contribution in [2.75, 3.05) is 13.2 Å². The number of esters is 1. The van der Waals surface area contributed by atoms with E-state index in [2.05, 4.69) is 4.74 Å². The van der Waals surface area contributed by atoms with Gasteiger partial charge in [-0.15, -0.1) is 0 Å². The lowest BCUT2D eigenvalue weighted by molar-refractivity contribution is -0.137. The number of rotatable bonds is 5. The van der Waals surface area contributed by atoms with Gasteiger partial charge in [-0.3, -0.25) is 4.79 Å². The summed E-state index contributed by atoms with van der Waals surface area (Å²) in [4.78, 5) is 23.0. The molecule has 0 bridgehead atoms. The second-order valence-electron chi connectivity index (χ2n) is 4.49. The highest BCUT2D eigenvalue weighted by Crippen LogP contribution is 2.19. The van der Waals surface area contributed by atoms with Crippen molar-refractivity contribution < 1.29 is 23.8 Å². The number of benzene rings is 1. The molecule has 0 radical (unpaired) electrons. The molecule has 1 aromatic rings. The Kier molecular flexibility index (Phi) is 5.12. The van der Waals surface area contributed by atoms with E-state index < -0.39 is 11.8 Å². The highest BCUT2D eigenvalue weighted by Gasteiger charge is 2.18. The number of ether oxygens (including phenoxy) is 3. The van der Waals surface area contributed by atoms with Crippen LogP contribution in [0.2, 0.25) is 0 Å². The van der Waals surface area contributed by atoms with Crippen LogP contribution in [0.5, 0.6) is 5.75 Å². The molecule has 1 aliphatic heterocycles. The normalized spacial score (nSPS) is 18.4. The molecule has 0 amide bonds. The second kappa shape index (κ2) is 7.05. The van der Waals surface area contributed by atoms with Gasteiger partial charge < -0.3 is 14.2 Å². The average molecular weight is 278 g/mol. The summed E-state index contributed by atoms with van der Waals surface area (Å²) in [6.45, 7) is 2.56. The minimum Gasteiger partial charge on any atom is -0.465 e. The van der Waals surface area contributed by atoms with Crippen molar-refractivity contribution in [1.29, 1.82) is 0 Å². The first-order chi connectivity index (χ1) is 9.70. The zero-order chi connectivity index (χ0) is 14.4. The van der Waals surface area contributed by atoms with Crippen LogP contribution >= 0.6 is 0 Å². The van der Waals surface area contributed by atoms with Crippen molar-refractivity contribution in [3.05, 3.63) is 29.8 Å². The lowest BCUT2D eigenvalue weighted by Crippen LogP contribution is -2.25. The first-order valence-electron chi connectivity index (χ1n) is 6.80. The Labute approximate surface area is 117 Å². The van der Waals surface area contributed by atoms with Crippen molar-refractivity contribution in [2.45, 2.75) is 32.5 Å². The Morgan fingerprint density at radius 2 is 2.00 bits per heavy atom. The molecule has 1 heterocycles. The Morgan fingerprint density at radius 1 is 1.25 bits per heavy atom. The zero-order valence-corrected chi connectivity index (χ0v) is 11.5. The van der Waals surface area contributed by atoms with Crippen LogP contribution in [0.4, 0.5) is 0 Å². The fourth-order valence-electron chi connectivity index (χ4n) is 1.96. The fourth-order valence-corrected chi connectivity index (χ4v) is 1.96. The molecular weight excluding hydrogens is 260 g/mol. The molecule has 0 spiro atoms. The van der Waals surface area contributed by atoms with E-state index in [0.29, 0.717) is 17.9 Å². The van der Waals surface area contributed by atoms with Crippen LogP contribution in [0.25, 0.3) is 0 Å². The number of hydrogen-bond donors (Lipinski definition) is 0. The summed E-state index contributed by atoms with van der Waals surface area (Å²) >= 11 is 0. The van der Waals surface area contributed by atoms with E-state index in [0.717, 1.165) is 19.3 Å². The molecule has 1 saturated heterocycles. The quantitative estimate of drug-likeness (QED) is 0.470. The largest absolute Gasteiger partial charge is 0.465 e. The molecule has 1 aliphatic rings. The maximum absolute atomic E-state index is 11.7. The van der Waals surface area contributed by atoms with Crippen LogP contribution in [0.1, 0.15) is 36.5 Å². The second-order valence-corrected chi connectivity index (χ2v) is 4.49. The van der Waals surface area contributed by atoms with Gasteiger partial charge in [-0.25, -0.2) is 4.79 Å². The molecule has 0 aromatic heterocycles. The van der Waals surface area contributed by atoms with Gasteiger partial charge >= 0.3 is 5.97 Å². The molecule has 5 heteroatoms. The van der Waals surface area contributed by atoms with Crippen molar-refractivity contribution in [1.82, 2.24) is 0 Å². The van der Waals surface area contributed by atoms with Gasteiger partial charge in [-0.05, 0) is 44.0 Å². The predicted octanol–water partition coefficient (Wildman–Crippen LogP) is 2.34. The van der Waals surface area contributed by atoms with Crippen molar-refractivity contribution in [3.8, 4) is 5.75 Å². The maximum Gasteiger partial charge on any atom is 0.379 e. The third-order valence-electron chi connectivity index (χ3n) is 2.98. The number of Topliss-reactive ketones (excluding diaryl/α,β-unsaturated/α-hetero) is 1. The number of hydrogen-bond acceptors (Lipinski definition) is 5. The SMILES string of the molecule is CCOC(=O)C(=O)c1ccc(O[C@H]2CCCCO2)cc1. The minimum atomic E-state index is -0.836. The molecule has 2 rings (SSSR count). The summed E-state index contributed by atoms with van der Waals surface area (Å²) in [7, 11) is 0. The number of carbonyl (C=O) groups is 2. The van der Waals surface area contributed by atoms with E-state index in [4.69, 9.17) is 9.47 Å². The third kappa shape index (κ3) is 3.81. The maximum atomic E-state index is 11.7. The molecule has 0 aliphatic carbocycles. The highest BCUT2D eigenvalue weighted by atomic mass is 16.7. The van der Waals surface area contributed by atoms with E-state index in [9.17, 15) is 9.59 Å². The standard InChI is InChI=1S/C15H18O5/c1-2-18-15(17)14(16)11-6-8-12(9-7-11)20-13-5-3-4-10-19-13/h6-9,13H,2-5,10H2,1H3/t13-/m0/s1. The highest BCUT2D eigenvalue weighted by molar-refractivity contribution is 6.40. The van der Waals surface area contributed by atoms with E-state index in [1.807, 2.05) is 0 Å². The molecule has 0 N–H and O–H groups in total. The van der Waals surface area contributed by atoms with Crippen LogP contribution in [0.3, 0.4) is 0 Å². The Bertz CT molecular complexity index is 460. The van der Waals surface area contributed by atoms with Gasteiger partial charge in [-0.2, -0.15) is 0 Å². The monoisotopic (exact) mass is 278 g/mol. The Morgan fingerprint density at radius 3 is 2.60 bits per heavy atom. The lowest BCUT2D eigenvalue weighted by Gasteiger charge is -2.23. The van der Waals surface area contributed by atoms with Gasteiger partial charge in [0.2, 0.25) is 0 Å². The smallest absolute Gasteiger partial charge is 0.379 e. The van der Waals surface area contributed by atoms with Crippen LogP contribution < -0.4 is 4.74 Å². The van der Waals surface area contributed by atoms with Crippen molar-refractivity contribution >= 4 is 11.8 Å². The molecule has 20 heavy (non-hydrogen) atoms. The predicted molar refractivity (Wildman–Crippen MR) is 71.6 cm³/mol. The lowest BCUT2D eigenvalue weighted by atomic mass is 10.1. The molecule has 108 valence electrons. The van der Waals surface area contributed by atoms with Crippen LogP contribution in [0, 0.1) is 0 Å².